The lowest BCUT2D eigenvalue weighted by atomic mass is 10.1. The molecule has 0 saturated carbocycles. The Balaban J connectivity index is 2.49. The predicted octanol–water partition coefficient (Wildman–Crippen LogP) is 2.53. The molecule has 2 atom stereocenters. The first-order chi connectivity index (χ1) is 9.43. The number of amides is 1. The summed E-state index contributed by atoms with van der Waals surface area (Å²) in [6, 6.07) is 4.19. The van der Waals surface area contributed by atoms with E-state index in [4.69, 9.17) is 10.5 Å². The summed E-state index contributed by atoms with van der Waals surface area (Å²) in [7, 11) is 0. The molecule has 1 aromatic carbocycles. The number of halogens is 1. The minimum atomic E-state index is -0.419. The van der Waals surface area contributed by atoms with Crippen LogP contribution in [0.2, 0.25) is 0 Å². The first kappa shape index (κ1) is 16.4. The molecule has 3 N–H and O–H groups in total. The standard InChI is InChI=1S/C15H23FN2O2/c1-4-5-10(2)18-15(19)9-20-12-6-7-13(11(3)17)14(16)8-12/h6-8,10-11H,4-5,9,17H2,1-3H3,(H,18,19)/t10?,11-/m0/s1. The van der Waals surface area contributed by atoms with Crippen molar-refractivity contribution in [3.63, 3.8) is 0 Å². The summed E-state index contributed by atoms with van der Waals surface area (Å²) in [5, 5.41) is 2.82. The van der Waals surface area contributed by atoms with Gasteiger partial charge in [0, 0.05) is 23.7 Å². The number of hydrogen-bond acceptors (Lipinski definition) is 3. The fourth-order valence-electron chi connectivity index (χ4n) is 1.94. The molecule has 0 aromatic heterocycles. The van der Waals surface area contributed by atoms with E-state index in [0.29, 0.717) is 11.3 Å². The van der Waals surface area contributed by atoms with E-state index >= 15 is 0 Å². The molecule has 4 nitrogen and oxygen atoms in total. The van der Waals surface area contributed by atoms with Crippen LogP contribution in [-0.4, -0.2) is 18.6 Å². The number of carbonyl (C=O) groups is 1. The van der Waals surface area contributed by atoms with Crippen molar-refractivity contribution in [3.05, 3.63) is 29.6 Å². The van der Waals surface area contributed by atoms with E-state index < -0.39 is 5.82 Å². The van der Waals surface area contributed by atoms with Crippen molar-refractivity contribution < 1.29 is 13.9 Å². The fourth-order valence-corrected chi connectivity index (χ4v) is 1.94. The highest BCUT2D eigenvalue weighted by molar-refractivity contribution is 5.77. The molecule has 1 unspecified atom stereocenters. The van der Waals surface area contributed by atoms with Gasteiger partial charge in [-0.25, -0.2) is 4.39 Å². The van der Waals surface area contributed by atoms with Gasteiger partial charge in [-0.05, 0) is 26.3 Å². The average molecular weight is 282 g/mol. The minimum Gasteiger partial charge on any atom is -0.484 e. The smallest absolute Gasteiger partial charge is 0.258 e. The third-order valence-corrected chi connectivity index (χ3v) is 2.96. The molecule has 20 heavy (non-hydrogen) atoms. The van der Waals surface area contributed by atoms with Gasteiger partial charge in [0.2, 0.25) is 0 Å². The molecule has 0 aliphatic rings. The van der Waals surface area contributed by atoms with Crippen LogP contribution in [0.4, 0.5) is 4.39 Å². The lowest BCUT2D eigenvalue weighted by molar-refractivity contribution is -0.123. The zero-order valence-corrected chi connectivity index (χ0v) is 12.3. The van der Waals surface area contributed by atoms with Crippen molar-refractivity contribution in [2.24, 2.45) is 5.73 Å². The molecule has 112 valence electrons. The summed E-state index contributed by atoms with van der Waals surface area (Å²) >= 11 is 0. The quantitative estimate of drug-likeness (QED) is 0.807. The number of rotatable bonds is 7. The number of nitrogens with one attached hydrogen (secondary N) is 1. The highest BCUT2D eigenvalue weighted by atomic mass is 19.1. The van der Waals surface area contributed by atoms with E-state index in [0.717, 1.165) is 12.8 Å². The van der Waals surface area contributed by atoms with Crippen molar-refractivity contribution in [2.45, 2.75) is 45.7 Å². The summed E-state index contributed by atoms with van der Waals surface area (Å²) in [5.74, 6) is -0.301. The molecule has 0 aliphatic carbocycles. The monoisotopic (exact) mass is 282 g/mol. The van der Waals surface area contributed by atoms with Crippen LogP contribution < -0.4 is 15.8 Å². The summed E-state index contributed by atoms with van der Waals surface area (Å²) in [6.45, 7) is 5.59. The van der Waals surface area contributed by atoms with Crippen LogP contribution in [0.3, 0.4) is 0 Å². The van der Waals surface area contributed by atoms with Gasteiger partial charge >= 0.3 is 0 Å². The van der Waals surface area contributed by atoms with Crippen LogP contribution in [0.15, 0.2) is 18.2 Å². The summed E-state index contributed by atoms with van der Waals surface area (Å²) in [6.07, 6.45) is 1.93. The molecule has 0 bridgehead atoms. The molecule has 1 amide bonds. The second kappa shape index (κ2) is 7.85. The van der Waals surface area contributed by atoms with Gasteiger partial charge in [0.1, 0.15) is 11.6 Å². The second-order valence-electron chi connectivity index (χ2n) is 5.02. The molecule has 1 rings (SSSR count). The molecule has 0 heterocycles. The fraction of sp³-hybridized carbons (Fsp3) is 0.533. The minimum absolute atomic E-state index is 0.119. The van der Waals surface area contributed by atoms with Gasteiger partial charge in [-0.3, -0.25) is 4.79 Å². The first-order valence-corrected chi connectivity index (χ1v) is 6.91. The van der Waals surface area contributed by atoms with Gasteiger partial charge in [-0.15, -0.1) is 0 Å². The van der Waals surface area contributed by atoms with Crippen molar-refractivity contribution in [3.8, 4) is 5.75 Å². The molecule has 0 radical (unpaired) electrons. The van der Waals surface area contributed by atoms with Crippen LogP contribution in [0.1, 0.15) is 45.2 Å². The molecule has 0 spiro atoms. The number of ether oxygens (including phenoxy) is 1. The van der Waals surface area contributed by atoms with Gasteiger partial charge in [0.25, 0.3) is 5.91 Å². The maximum atomic E-state index is 13.7. The van der Waals surface area contributed by atoms with Crippen LogP contribution in [0.25, 0.3) is 0 Å². The lowest BCUT2D eigenvalue weighted by Crippen LogP contribution is -2.35. The number of carbonyl (C=O) groups excluding carboxylic acids is 1. The Morgan fingerprint density at radius 3 is 2.70 bits per heavy atom. The van der Waals surface area contributed by atoms with Crippen molar-refractivity contribution >= 4 is 5.91 Å². The molecule has 0 fully saturated rings. The van der Waals surface area contributed by atoms with Crippen LogP contribution in [0, 0.1) is 5.82 Å². The van der Waals surface area contributed by atoms with Crippen molar-refractivity contribution in [1.29, 1.82) is 0 Å². The SMILES string of the molecule is CCCC(C)NC(=O)COc1ccc([C@H](C)N)c(F)c1. The Morgan fingerprint density at radius 2 is 2.15 bits per heavy atom. The van der Waals surface area contributed by atoms with E-state index in [2.05, 4.69) is 12.2 Å². The maximum absolute atomic E-state index is 13.7. The number of hydrogen-bond donors (Lipinski definition) is 2. The topological polar surface area (TPSA) is 64.3 Å². The summed E-state index contributed by atoms with van der Waals surface area (Å²) in [4.78, 5) is 11.6. The molecule has 5 heteroatoms. The Hall–Kier alpha value is -1.62. The van der Waals surface area contributed by atoms with E-state index in [1.165, 1.54) is 6.07 Å². The van der Waals surface area contributed by atoms with E-state index in [1.54, 1.807) is 19.1 Å². The van der Waals surface area contributed by atoms with Crippen LogP contribution in [0.5, 0.6) is 5.75 Å². The zero-order valence-electron chi connectivity index (χ0n) is 12.3. The van der Waals surface area contributed by atoms with E-state index in [-0.39, 0.29) is 24.6 Å². The highest BCUT2D eigenvalue weighted by Gasteiger charge is 2.10. The van der Waals surface area contributed by atoms with Gasteiger partial charge in [0.05, 0.1) is 0 Å². The molecular weight excluding hydrogens is 259 g/mol. The molecule has 1 aromatic rings. The van der Waals surface area contributed by atoms with Crippen molar-refractivity contribution in [2.75, 3.05) is 6.61 Å². The third-order valence-electron chi connectivity index (χ3n) is 2.96. The number of nitrogens with two attached hydrogens (primary N) is 1. The second-order valence-corrected chi connectivity index (χ2v) is 5.02. The van der Waals surface area contributed by atoms with Gasteiger partial charge in [0.15, 0.2) is 6.61 Å². The zero-order chi connectivity index (χ0) is 15.1. The number of benzene rings is 1. The summed E-state index contributed by atoms with van der Waals surface area (Å²) < 4.78 is 18.9. The highest BCUT2D eigenvalue weighted by Crippen LogP contribution is 2.20. The van der Waals surface area contributed by atoms with Gasteiger partial charge in [-0.1, -0.05) is 19.4 Å². The van der Waals surface area contributed by atoms with E-state index in [9.17, 15) is 9.18 Å². The molecule has 0 aliphatic heterocycles. The largest absolute Gasteiger partial charge is 0.484 e. The Labute approximate surface area is 119 Å². The first-order valence-electron chi connectivity index (χ1n) is 6.91. The predicted molar refractivity (Wildman–Crippen MR) is 77.0 cm³/mol. The Bertz CT molecular complexity index is 449. The Kier molecular flexibility index (Phi) is 6.45. The average Bonchev–Trinajstić information content (AvgIpc) is 2.36. The third kappa shape index (κ3) is 5.17. The summed E-state index contributed by atoms with van der Waals surface area (Å²) in [5.41, 5.74) is 6.05. The van der Waals surface area contributed by atoms with Crippen LogP contribution in [-0.2, 0) is 4.79 Å². The Morgan fingerprint density at radius 1 is 1.45 bits per heavy atom. The normalized spacial score (nSPS) is 13.7. The van der Waals surface area contributed by atoms with Gasteiger partial charge < -0.3 is 15.8 Å². The van der Waals surface area contributed by atoms with Crippen LogP contribution >= 0.6 is 0 Å². The van der Waals surface area contributed by atoms with Gasteiger partial charge in [-0.2, -0.15) is 0 Å². The lowest BCUT2D eigenvalue weighted by Gasteiger charge is -2.14. The molecule has 0 saturated heterocycles. The molecular formula is C15H23FN2O2. The van der Waals surface area contributed by atoms with Crippen molar-refractivity contribution in [1.82, 2.24) is 5.32 Å². The maximum Gasteiger partial charge on any atom is 0.258 e. The van der Waals surface area contributed by atoms with E-state index in [1.807, 2.05) is 6.92 Å².